The largest absolute Gasteiger partial charge is 0.379 e. The van der Waals surface area contributed by atoms with Crippen LogP contribution in [0.5, 0.6) is 0 Å². The van der Waals surface area contributed by atoms with E-state index in [0.717, 1.165) is 10.4 Å². The molecule has 1 N–H and O–H groups in total. The quantitative estimate of drug-likeness (QED) is 0.786. The summed E-state index contributed by atoms with van der Waals surface area (Å²) in [6.07, 6.45) is 3.74. The van der Waals surface area contributed by atoms with Crippen LogP contribution in [0.3, 0.4) is 0 Å². The average Bonchev–Trinajstić information content (AvgIpc) is 2.65. The third-order valence-corrected chi connectivity index (χ3v) is 6.55. The zero-order valence-corrected chi connectivity index (χ0v) is 13.3. The molecule has 1 aromatic rings. The zero-order valence-electron chi connectivity index (χ0n) is 11.8. The van der Waals surface area contributed by atoms with Crippen molar-refractivity contribution < 1.29 is 4.39 Å². The Kier molecular flexibility index (Phi) is 2.97. The molecule has 0 aliphatic heterocycles. The van der Waals surface area contributed by atoms with E-state index in [0.29, 0.717) is 17.1 Å². The molecule has 3 heteroatoms. The Morgan fingerprint density at radius 1 is 1.32 bits per heavy atom. The summed E-state index contributed by atoms with van der Waals surface area (Å²) in [7, 11) is 0. The van der Waals surface area contributed by atoms with Crippen molar-refractivity contribution in [3.8, 4) is 0 Å². The number of hydrogen-bond acceptors (Lipinski definition) is 1. The minimum absolute atomic E-state index is 0.168. The van der Waals surface area contributed by atoms with E-state index in [9.17, 15) is 4.39 Å². The highest BCUT2D eigenvalue weighted by Crippen LogP contribution is 2.65. The maximum absolute atomic E-state index is 14.0. The van der Waals surface area contributed by atoms with Crippen LogP contribution in [-0.2, 0) is 0 Å². The van der Waals surface area contributed by atoms with Crippen LogP contribution in [0.4, 0.5) is 10.1 Å². The van der Waals surface area contributed by atoms with E-state index in [-0.39, 0.29) is 11.2 Å². The van der Waals surface area contributed by atoms with Gasteiger partial charge in [-0.05, 0) is 54.2 Å². The first-order valence-corrected chi connectivity index (χ1v) is 7.85. The normalized spacial score (nSPS) is 35.6. The first-order chi connectivity index (χ1) is 8.84. The van der Waals surface area contributed by atoms with Gasteiger partial charge in [0.2, 0.25) is 0 Å². The van der Waals surface area contributed by atoms with Crippen LogP contribution in [0, 0.1) is 22.6 Å². The number of benzene rings is 1. The number of rotatable bonds is 2. The molecule has 3 unspecified atom stereocenters. The minimum atomic E-state index is -0.168. The van der Waals surface area contributed by atoms with E-state index in [1.54, 1.807) is 0 Å². The zero-order chi connectivity index (χ0) is 13.8. The summed E-state index contributed by atoms with van der Waals surface area (Å²) < 4.78 is 14.8. The predicted octanol–water partition coefficient (Wildman–Crippen LogP) is 5.21. The summed E-state index contributed by atoms with van der Waals surface area (Å²) >= 11 is 3.30. The molecule has 1 nitrogen and oxygen atoms in total. The Labute approximate surface area is 123 Å². The van der Waals surface area contributed by atoms with E-state index in [4.69, 9.17) is 0 Å². The van der Waals surface area contributed by atoms with Gasteiger partial charge in [0.05, 0.1) is 5.69 Å². The van der Waals surface area contributed by atoms with Crippen molar-refractivity contribution >= 4 is 21.6 Å². The van der Waals surface area contributed by atoms with Crippen molar-refractivity contribution in [2.24, 2.45) is 16.7 Å². The first-order valence-electron chi connectivity index (χ1n) is 7.06. The predicted molar refractivity (Wildman–Crippen MR) is 80.7 cm³/mol. The molecule has 0 saturated heterocycles. The summed E-state index contributed by atoms with van der Waals surface area (Å²) in [4.78, 5) is 0. The summed E-state index contributed by atoms with van der Waals surface area (Å²) in [6.45, 7) is 7.13. The topological polar surface area (TPSA) is 12.0 Å². The summed E-state index contributed by atoms with van der Waals surface area (Å²) in [5, 5.41) is 3.47. The van der Waals surface area contributed by atoms with Gasteiger partial charge in [-0.2, -0.15) is 0 Å². The molecule has 2 fully saturated rings. The summed E-state index contributed by atoms with van der Waals surface area (Å²) in [5.74, 6) is 0.604. The van der Waals surface area contributed by atoms with Crippen LogP contribution in [0.15, 0.2) is 22.7 Å². The standard InChI is InChI=1S/C16H21BrFN/c1-15(2)10-6-7-16(15,3)14(8-10)19-13-5-4-11(17)9-12(13)18/h4-5,9-10,14,19H,6-8H2,1-3H3. The average molecular weight is 326 g/mol. The van der Waals surface area contributed by atoms with E-state index in [1.165, 1.54) is 25.3 Å². The van der Waals surface area contributed by atoms with E-state index in [1.807, 2.05) is 12.1 Å². The maximum atomic E-state index is 14.0. The van der Waals surface area contributed by atoms with Crippen molar-refractivity contribution in [1.29, 1.82) is 0 Å². The van der Waals surface area contributed by atoms with Gasteiger partial charge in [-0.15, -0.1) is 0 Å². The second-order valence-electron chi connectivity index (χ2n) is 6.93. The molecule has 3 rings (SSSR count). The highest BCUT2D eigenvalue weighted by Gasteiger charge is 2.61. The summed E-state index contributed by atoms with van der Waals surface area (Å²) in [6, 6.07) is 5.65. The molecule has 2 aliphatic carbocycles. The molecule has 1 aromatic carbocycles. The van der Waals surface area contributed by atoms with Gasteiger partial charge in [-0.1, -0.05) is 36.7 Å². The van der Waals surface area contributed by atoms with E-state index in [2.05, 4.69) is 42.0 Å². The summed E-state index contributed by atoms with van der Waals surface area (Å²) in [5.41, 5.74) is 1.27. The second-order valence-corrected chi connectivity index (χ2v) is 7.85. The monoisotopic (exact) mass is 325 g/mol. The van der Waals surface area contributed by atoms with Crippen molar-refractivity contribution in [2.45, 2.75) is 46.1 Å². The number of hydrogen-bond donors (Lipinski definition) is 1. The van der Waals surface area contributed by atoms with Gasteiger partial charge < -0.3 is 5.32 Å². The third-order valence-electron chi connectivity index (χ3n) is 6.05. The molecule has 0 aromatic heterocycles. The van der Waals surface area contributed by atoms with Gasteiger partial charge in [-0.3, -0.25) is 0 Å². The lowest BCUT2D eigenvalue weighted by Gasteiger charge is -2.40. The Bertz CT molecular complexity index is 513. The lowest BCUT2D eigenvalue weighted by Crippen LogP contribution is -2.40. The van der Waals surface area contributed by atoms with Crippen LogP contribution in [-0.4, -0.2) is 6.04 Å². The molecule has 2 bridgehead atoms. The van der Waals surface area contributed by atoms with Gasteiger partial charge in [0.25, 0.3) is 0 Å². The van der Waals surface area contributed by atoms with Gasteiger partial charge in [0.1, 0.15) is 5.82 Å². The van der Waals surface area contributed by atoms with Crippen LogP contribution in [0.1, 0.15) is 40.0 Å². The number of halogens is 2. The van der Waals surface area contributed by atoms with Gasteiger partial charge in [-0.25, -0.2) is 4.39 Å². The highest BCUT2D eigenvalue weighted by molar-refractivity contribution is 9.10. The molecule has 0 heterocycles. The van der Waals surface area contributed by atoms with Crippen molar-refractivity contribution in [2.75, 3.05) is 5.32 Å². The lowest BCUT2D eigenvalue weighted by molar-refractivity contribution is 0.142. The van der Waals surface area contributed by atoms with Crippen LogP contribution in [0.2, 0.25) is 0 Å². The minimum Gasteiger partial charge on any atom is -0.379 e. The van der Waals surface area contributed by atoms with Crippen LogP contribution < -0.4 is 5.32 Å². The molecule has 2 aliphatic rings. The Morgan fingerprint density at radius 2 is 2.05 bits per heavy atom. The Balaban J connectivity index is 1.86. The molecule has 0 spiro atoms. The molecule has 0 radical (unpaired) electrons. The van der Waals surface area contributed by atoms with Crippen molar-refractivity contribution in [3.05, 3.63) is 28.5 Å². The second kappa shape index (κ2) is 4.21. The smallest absolute Gasteiger partial charge is 0.147 e. The fourth-order valence-electron chi connectivity index (χ4n) is 4.22. The highest BCUT2D eigenvalue weighted by atomic mass is 79.9. The molecule has 3 atom stereocenters. The van der Waals surface area contributed by atoms with Crippen LogP contribution in [0.25, 0.3) is 0 Å². The van der Waals surface area contributed by atoms with Gasteiger partial charge in [0, 0.05) is 10.5 Å². The van der Waals surface area contributed by atoms with E-state index < -0.39 is 0 Å². The van der Waals surface area contributed by atoms with Gasteiger partial charge >= 0.3 is 0 Å². The van der Waals surface area contributed by atoms with E-state index >= 15 is 0 Å². The maximum Gasteiger partial charge on any atom is 0.147 e. The number of anilines is 1. The molecular formula is C16H21BrFN. The SMILES string of the molecule is CC1(C)C2CCC1(C)C(Nc1ccc(Br)cc1F)C2. The Morgan fingerprint density at radius 3 is 2.58 bits per heavy atom. The lowest BCUT2D eigenvalue weighted by atomic mass is 9.69. The first kappa shape index (κ1) is 13.4. The molecule has 104 valence electrons. The van der Waals surface area contributed by atoms with Crippen molar-refractivity contribution in [1.82, 2.24) is 0 Å². The molecular weight excluding hydrogens is 305 g/mol. The molecule has 19 heavy (non-hydrogen) atoms. The molecule has 2 saturated carbocycles. The number of nitrogens with one attached hydrogen (secondary N) is 1. The van der Waals surface area contributed by atoms with Crippen molar-refractivity contribution in [3.63, 3.8) is 0 Å². The van der Waals surface area contributed by atoms with Gasteiger partial charge in [0.15, 0.2) is 0 Å². The fourth-order valence-corrected chi connectivity index (χ4v) is 4.55. The molecule has 0 amide bonds. The van der Waals surface area contributed by atoms with Crippen LogP contribution >= 0.6 is 15.9 Å². The third kappa shape index (κ3) is 1.84. The Hall–Kier alpha value is -0.570. The fraction of sp³-hybridized carbons (Fsp3) is 0.625. The number of fused-ring (bicyclic) bond motifs is 2.